The standard InChI is InChI=1S/C14H14N4O3/c1-16(2)9-6-14(19)11-4-5-12(13(10-11)18(20)21)17-8-3-7-15-17/h3-10H,1-2H3/b9-6+. The van der Waals surface area contributed by atoms with Gasteiger partial charge in [0.2, 0.25) is 0 Å². The largest absolute Gasteiger partial charge is 0.383 e. The lowest BCUT2D eigenvalue weighted by atomic mass is 10.1. The lowest BCUT2D eigenvalue weighted by Gasteiger charge is -2.05. The van der Waals surface area contributed by atoms with Crippen LogP contribution < -0.4 is 0 Å². The number of nitro groups is 1. The van der Waals surface area contributed by atoms with E-state index in [1.54, 1.807) is 43.5 Å². The highest BCUT2D eigenvalue weighted by Gasteiger charge is 2.18. The highest BCUT2D eigenvalue weighted by Crippen LogP contribution is 2.24. The van der Waals surface area contributed by atoms with Crippen molar-refractivity contribution in [1.82, 2.24) is 14.7 Å². The predicted molar refractivity (Wildman–Crippen MR) is 77.4 cm³/mol. The molecule has 0 atom stereocenters. The van der Waals surface area contributed by atoms with Crippen LogP contribution in [0, 0.1) is 10.1 Å². The summed E-state index contributed by atoms with van der Waals surface area (Å²) in [5.41, 5.74) is 0.414. The van der Waals surface area contributed by atoms with Gasteiger partial charge in [0.1, 0.15) is 5.69 Å². The van der Waals surface area contributed by atoms with E-state index in [-0.39, 0.29) is 17.0 Å². The van der Waals surface area contributed by atoms with Gasteiger partial charge < -0.3 is 4.90 Å². The van der Waals surface area contributed by atoms with Gasteiger partial charge in [-0.2, -0.15) is 5.10 Å². The number of nitro benzene ring substituents is 1. The molecular formula is C14H14N4O3. The summed E-state index contributed by atoms with van der Waals surface area (Å²) in [5, 5.41) is 15.2. The van der Waals surface area contributed by atoms with E-state index >= 15 is 0 Å². The van der Waals surface area contributed by atoms with E-state index in [9.17, 15) is 14.9 Å². The van der Waals surface area contributed by atoms with E-state index in [1.807, 2.05) is 0 Å². The van der Waals surface area contributed by atoms with Gasteiger partial charge in [-0.05, 0) is 18.2 Å². The second kappa shape index (κ2) is 6.00. The molecule has 0 unspecified atom stereocenters. The Morgan fingerprint density at radius 3 is 2.76 bits per heavy atom. The highest BCUT2D eigenvalue weighted by molar-refractivity contribution is 6.05. The van der Waals surface area contributed by atoms with Crippen LogP contribution in [-0.2, 0) is 0 Å². The summed E-state index contributed by atoms with van der Waals surface area (Å²) >= 11 is 0. The van der Waals surface area contributed by atoms with E-state index in [2.05, 4.69) is 5.10 Å². The van der Waals surface area contributed by atoms with Crippen LogP contribution in [0.3, 0.4) is 0 Å². The van der Waals surface area contributed by atoms with Crippen LogP contribution in [0.15, 0.2) is 48.9 Å². The molecule has 0 aliphatic heterocycles. The van der Waals surface area contributed by atoms with Gasteiger partial charge in [-0.1, -0.05) is 0 Å². The third-order valence-corrected chi connectivity index (χ3v) is 2.73. The molecule has 1 aromatic carbocycles. The SMILES string of the molecule is CN(C)/C=C/C(=O)c1ccc(-n2cccn2)c([N+](=O)[O-])c1. The zero-order valence-corrected chi connectivity index (χ0v) is 11.6. The average Bonchev–Trinajstić information content (AvgIpc) is 2.98. The number of aromatic nitrogens is 2. The number of hydrogen-bond acceptors (Lipinski definition) is 5. The molecule has 108 valence electrons. The van der Waals surface area contributed by atoms with Gasteiger partial charge in [0.15, 0.2) is 5.78 Å². The Bertz CT molecular complexity index is 690. The molecule has 0 spiro atoms. The van der Waals surface area contributed by atoms with Gasteiger partial charge in [0.05, 0.1) is 4.92 Å². The van der Waals surface area contributed by atoms with Gasteiger partial charge in [0, 0.05) is 50.4 Å². The molecule has 7 nitrogen and oxygen atoms in total. The molecule has 0 radical (unpaired) electrons. The summed E-state index contributed by atoms with van der Waals surface area (Å²) in [6.45, 7) is 0. The Kier molecular flexibility index (Phi) is 4.13. The first-order valence-corrected chi connectivity index (χ1v) is 6.16. The fraction of sp³-hybridized carbons (Fsp3) is 0.143. The Labute approximate surface area is 121 Å². The molecule has 1 heterocycles. The van der Waals surface area contributed by atoms with Crippen LogP contribution in [0.25, 0.3) is 5.69 Å². The fourth-order valence-electron chi connectivity index (χ4n) is 1.74. The van der Waals surface area contributed by atoms with Crippen molar-refractivity contribution in [3.05, 3.63) is 64.6 Å². The van der Waals surface area contributed by atoms with E-state index in [1.165, 1.54) is 29.1 Å². The third kappa shape index (κ3) is 3.33. The fourth-order valence-corrected chi connectivity index (χ4v) is 1.74. The van der Waals surface area contributed by atoms with Crippen LogP contribution >= 0.6 is 0 Å². The van der Waals surface area contributed by atoms with Crippen LogP contribution in [0.1, 0.15) is 10.4 Å². The maximum atomic E-state index is 12.0. The molecule has 21 heavy (non-hydrogen) atoms. The van der Waals surface area contributed by atoms with Crippen molar-refractivity contribution in [3.63, 3.8) is 0 Å². The molecule has 0 fully saturated rings. The normalized spacial score (nSPS) is 10.8. The lowest BCUT2D eigenvalue weighted by Crippen LogP contribution is -2.05. The smallest absolute Gasteiger partial charge is 0.295 e. The molecule has 0 aliphatic carbocycles. The highest BCUT2D eigenvalue weighted by atomic mass is 16.6. The van der Waals surface area contributed by atoms with Gasteiger partial charge in [-0.3, -0.25) is 14.9 Å². The van der Waals surface area contributed by atoms with E-state index in [0.29, 0.717) is 5.69 Å². The van der Waals surface area contributed by atoms with Crippen molar-refractivity contribution in [1.29, 1.82) is 0 Å². The molecule has 0 saturated heterocycles. The van der Waals surface area contributed by atoms with Gasteiger partial charge in [0.25, 0.3) is 5.69 Å². The molecule has 1 aromatic heterocycles. The van der Waals surface area contributed by atoms with Crippen molar-refractivity contribution >= 4 is 11.5 Å². The number of rotatable bonds is 5. The quantitative estimate of drug-likeness (QED) is 0.363. The number of benzene rings is 1. The summed E-state index contributed by atoms with van der Waals surface area (Å²) in [6.07, 6.45) is 6.10. The van der Waals surface area contributed by atoms with Crippen molar-refractivity contribution in [2.75, 3.05) is 14.1 Å². The van der Waals surface area contributed by atoms with Crippen molar-refractivity contribution in [2.45, 2.75) is 0 Å². The van der Waals surface area contributed by atoms with Crippen LogP contribution in [0.4, 0.5) is 5.69 Å². The Morgan fingerprint density at radius 1 is 1.43 bits per heavy atom. The first-order valence-electron chi connectivity index (χ1n) is 6.16. The van der Waals surface area contributed by atoms with E-state index in [4.69, 9.17) is 0 Å². The third-order valence-electron chi connectivity index (χ3n) is 2.73. The molecule has 0 amide bonds. The minimum absolute atomic E-state index is 0.164. The molecule has 0 bridgehead atoms. The molecule has 0 saturated carbocycles. The van der Waals surface area contributed by atoms with Crippen LogP contribution in [0.5, 0.6) is 0 Å². The number of allylic oxidation sites excluding steroid dienone is 1. The Hall–Kier alpha value is -2.96. The maximum absolute atomic E-state index is 12.0. The number of ketones is 1. The summed E-state index contributed by atoms with van der Waals surface area (Å²) < 4.78 is 1.39. The molecule has 0 aliphatic rings. The summed E-state index contributed by atoms with van der Waals surface area (Å²) in [5.74, 6) is -0.293. The summed E-state index contributed by atoms with van der Waals surface area (Å²) in [4.78, 5) is 24.3. The zero-order valence-electron chi connectivity index (χ0n) is 11.6. The van der Waals surface area contributed by atoms with Gasteiger partial charge in [-0.25, -0.2) is 4.68 Å². The number of nitrogens with zero attached hydrogens (tertiary/aromatic N) is 4. The van der Waals surface area contributed by atoms with Crippen molar-refractivity contribution in [3.8, 4) is 5.69 Å². The number of hydrogen-bond donors (Lipinski definition) is 0. The van der Waals surface area contributed by atoms with Crippen molar-refractivity contribution < 1.29 is 9.72 Å². The summed E-state index contributed by atoms with van der Waals surface area (Å²) in [6, 6.07) is 6.00. The molecule has 2 aromatic rings. The second-order valence-electron chi connectivity index (χ2n) is 4.55. The van der Waals surface area contributed by atoms with Crippen LogP contribution in [0.2, 0.25) is 0 Å². The summed E-state index contributed by atoms with van der Waals surface area (Å²) in [7, 11) is 3.57. The monoisotopic (exact) mass is 286 g/mol. The minimum atomic E-state index is -0.524. The molecule has 0 N–H and O–H groups in total. The molecular weight excluding hydrogens is 272 g/mol. The van der Waals surface area contributed by atoms with Crippen LogP contribution in [-0.4, -0.2) is 39.5 Å². The number of carbonyl (C=O) groups is 1. The maximum Gasteiger partial charge on any atom is 0.295 e. The topological polar surface area (TPSA) is 81.3 Å². The molecule has 7 heteroatoms. The average molecular weight is 286 g/mol. The molecule has 2 rings (SSSR count). The predicted octanol–water partition coefficient (Wildman–Crippen LogP) is 2.04. The second-order valence-corrected chi connectivity index (χ2v) is 4.55. The Balaban J connectivity index is 2.42. The van der Waals surface area contributed by atoms with Crippen molar-refractivity contribution in [2.24, 2.45) is 0 Å². The van der Waals surface area contributed by atoms with E-state index < -0.39 is 4.92 Å². The minimum Gasteiger partial charge on any atom is -0.383 e. The van der Waals surface area contributed by atoms with E-state index in [0.717, 1.165) is 0 Å². The van der Waals surface area contributed by atoms with Gasteiger partial charge >= 0.3 is 0 Å². The zero-order chi connectivity index (χ0) is 15.4. The Morgan fingerprint density at radius 2 is 2.19 bits per heavy atom. The lowest BCUT2D eigenvalue weighted by molar-refractivity contribution is -0.384. The first kappa shape index (κ1) is 14.4. The first-order chi connectivity index (χ1) is 9.99. The number of carbonyl (C=O) groups excluding carboxylic acids is 1. The van der Waals surface area contributed by atoms with Gasteiger partial charge in [-0.15, -0.1) is 0 Å².